The van der Waals surface area contributed by atoms with Crippen LogP contribution in [0.1, 0.15) is 38.3 Å². The van der Waals surface area contributed by atoms with Crippen LogP contribution in [-0.2, 0) is 13.0 Å². The first-order chi connectivity index (χ1) is 13.6. The van der Waals surface area contributed by atoms with Gasteiger partial charge in [-0.15, -0.1) is 0 Å². The second kappa shape index (κ2) is 9.31. The summed E-state index contributed by atoms with van der Waals surface area (Å²) in [5.74, 6) is 1.49. The molecule has 148 valence electrons. The molecule has 0 atom stereocenters. The van der Waals surface area contributed by atoms with Crippen molar-refractivity contribution in [1.82, 2.24) is 4.98 Å². The number of aryl methyl sites for hydroxylation is 1. The predicted molar refractivity (Wildman–Crippen MR) is 115 cm³/mol. The van der Waals surface area contributed by atoms with Crippen LogP contribution in [0, 0.1) is 0 Å². The molecule has 3 rings (SSSR count). The van der Waals surface area contributed by atoms with Crippen molar-refractivity contribution in [2.75, 3.05) is 18.5 Å². The third kappa shape index (κ3) is 4.66. The first-order valence-electron chi connectivity index (χ1n) is 9.93. The molecule has 0 fully saturated rings. The summed E-state index contributed by atoms with van der Waals surface area (Å²) in [6, 6.07) is 13.9. The number of benzene rings is 2. The minimum Gasteiger partial charge on any atom is -0.494 e. The average molecular weight is 380 g/mol. The van der Waals surface area contributed by atoms with Crippen LogP contribution in [0.3, 0.4) is 0 Å². The summed E-state index contributed by atoms with van der Waals surface area (Å²) in [5.41, 5.74) is 3.60. The van der Waals surface area contributed by atoms with E-state index in [-0.39, 0.29) is 5.56 Å². The number of pyridine rings is 1. The van der Waals surface area contributed by atoms with Crippen molar-refractivity contribution in [3.8, 4) is 11.5 Å². The van der Waals surface area contributed by atoms with E-state index < -0.39 is 0 Å². The summed E-state index contributed by atoms with van der Waals surface area (Å²) in [6.07, 6.45) is 2.13. The topological polar surface area (TPSA) is 63.4 Å². The molecule has 1 aromatic heterocycles. The van der Waals surface area contributed by atoms with Gasteiger partial charge in [0, 0.05) is 23.7 Å². The second-order valence-corrected chi connectivity index (χ2v) is 6.67. The maximum atomic E-state index is 12.5. The first kappa shape index (κ1) is 19.8. The van der Waals surface area contributed by atoms with Crippen LogP contribution in [0.25, 0.3) is 10.9 Å². The van der Waals surface area contributed by atoms with Crippen LogP contribution in [-0.4, -0.2) is 18.2 Å². The van der Waals surface area contributed by atoms with Gasteiger partial charge in [-0.25, -0.2) is 0 Å². The van der Waals surface area contributed by atoms with Gasteiger partial charge in [-0.3, -0.25) is 4.79 Å². The van der Waals surface area contributed by atoms with Gasteiger partial charge in [-0.1, -0.05) is 19.4 Å². The Hall–Kier alpha value is -2.95. The fraction of sp³-hybridized carbons (Fsp3) is 0.348. The maximum Gasteiger partial charge on any atom is 0.253 e. The third-order valence-electron chi connectivity index (χ3n) is 4.56. The summed E-state index contributed by atoms with van der Waals surface area (Å²) in [7, 11) is 0. The highest BCUT2D eigenvalue weighted by Gasteiger charge is 2.08. The van der Waals surface area contributed by atoms with Crippen LogP contribution in [0.5, 0.6) is 11.5 Å². The summed E-state index contributed by atoms with van der Waals surface area (Å²) < 4.78 is 11.3. The van der Waals surface area contributed by atoms with Gasteiger partial charge in [0.15, 0.2) is 0 Å². The number of hydrogen-bond acceptors (Lipinski definition) is 4. The minimum atomic E-state index is -0.0767. The molecule has 5 heteroatoms. The summed E-state index contributed by atoms with van der Waals surface area (Å²) in [6.45, 7) is 7.63. The number of ether oxygens (including phenoxy) is 2. The van der Waals surface area contributed by atoms with E-state index in [1.807, 2.05) is 44.2 Å². The fourth-order valence-electron chi connectivity index (χ4n) is 3.25. The molecule has 5 nitrogen and oxygen atoms in total. The van der Waals surface area contributed by atoms with Crippen molar-refractivity contribution in [2.45, 2.75) is 40.2 Å². The van der Waals surface area contributed by atoms with Gasteiger partial charge in [0.1, 0.15) is 11.5 Å². The number of hydrogen-bond donors (Lipinski definition) is 2. The van der Waals surface area contributed by atoms with Gasteiger partial charge in [-0.2, -0.15) is 0 Å². The lowest BCUT2D eigenvalue weighted by atomic mass is 10.1. The zero-order chi connectivity index (χ0) is 19.9. The Morgan fingerprint density at radius 2 is 1.79 bits per heavy atom. The van der Waals surface area contributed by atoms with Crippen molar-refractivity contribution < 1.29 is 9.47 Å². The smallest absolute Gasteiger partial charge is 0.253 e. The lowest BCUT2D eigenvalue weighted by molar-refractivity contribution is 0.324. The number of H-pyrrole nitrogens is 1. The molecule has 28 heavy (non-hydrogen) atoms. The molecule has 0 aliphatic rings. The van der Waals surface area contributed by atoms with E-state index in [2.05, 4.69) is 29.4 Å². The molecule has 0 aliphatic heterocycles. The largest absolute Gasteiger partial charge is 0.494 e. The van der Waals surface area contributed by atoms with E-state index in [1.54, 1.807) is 0 Å². The van der Waals surface area contributed by atoms with E-state index in [0.29, 0.717) is 25.3 Å². The van der Waals surface area contributed by atoms with Gasteiger partial charge in [0.25, 0.3) is 5.56 Å². The lowest BCUT2D eigenvalue weighted by Gasteiger charge is -2.14. The first-order valence-corrected chi connectivity index (χ1v) is 9.93. The maximum absolute atomic E-state index is 12.5. The van der Waals surface area contributed by atoms with E-state index in [9.17, 15) is 4.79 Å². The van der Waals surface area contributed by atoms with Gasteiger partial charge in [-0.05, 0) is 61.5 Å². The van der Waals surface area contributed by atoms with Crippen molar-refractivity contribution in [3.63, 3.8) is 0 Å². The Balaban J connectivity index is 1.84. The van der Waals surface area contributed by atoms with E-state index in [1.165, 1.54) is 5.56 Å². The highest BCUT2D eigenvalue weighted by molar-refractivity contribution is 5.79. The lowest BCUT2D eigenvalue weighted by Crippen LogP contribution is -2.16. The molecule has 2 N–H and O–H groups in total. The number of nitrogens with one attached hydrogen (secondary N) is 2. The van der Waals surface area contributed by atoms with Gasteiger partial charge < -0.3 is 19.8 Å². The third-order valence-corrected chi connectivity index (χ3v) is 4.56. The SMILES string of the molecule is CCCc1ccc2[nH]c(=O)c(CNc3ccc(OCC)cc3OCC)cc2c1. The van der Waals surface area contributed by atoms with E-state index in [4.69, 9.17) is 9.47 Å². The van der Waals surface area contributed by atoms with Crippen molar-refractivity contribution in [3.05, 3.63) is 63.9 Å². The van der Waals surface area contributed by atoms with Gasteiger partial charge in [0.2, 0.25) is 0 Å². The van der Waals surface area contributed by atoms with Crippen LogP contribution in [0.2, 0.25) is 0 Å². The molecule has 0 saturated heterocycles. The van der Waals surface area contributed by atoms with E-state index in [0.717, 1.165) is 40.9 Å². The Kier molecular flexibility index (Phi) is 6.58. The van der Waals surface area contributed by atoms with Crippen LogP contribution in [0.4, 0.5) is 5.69 Å². The molecule has 0 amide bonds. The highest BCUT2D eigenvalue weighted by atomic mass is 16.5. The minimum absolute atomic E-state index is 0.0767. The van der Waals surface area contributed by atoms with Gasteiger partial charge in [0.05, 0.1) is 18.9 Å². The standard InChI is InChI=1S/C23H28N2O3/c1-4-7-16-8-10-20-17(12-16)13-18(23(26)25-20)15-24-21-11-9-19(27-5-2)14-22(21)28-6-3/h8-14,24H,4-7,15H2,1-3H3,(H,25,26). The Morgan fingerprint density at radius 3 is 2.54 bits per heavy atom. The number of anilines is 1. The fourth-order valence-corrected chi connectivity index (χ4v) is 3.25. The summed E-state index contributed by atoms with van der Waals surface area (Å²) in [4.78, 5) is 15.5. The molecule has 0 radical (unpaired) electrons. The summed E-state index contributed by atoms with van der Waals surface area (Å²) in [5, 5.41) is 4.38. The van der Waals surface area contributed by atoms with Crippen molar-refractivity contribution >= 4 is 16.6 Å². The quantitative estimate of drug-likeness (QED) is 0.555. The number of aromatic nitrogens is 1. The Labute approximate surface area is 165 Å². The molecule has 0 spiro atoms. The molecule has 0 saturated carbocycles. The Bertz CT molecular complexity index is 995. The van der Waals surface area contributed by atoms with Gasteiger partial charge >= 0.3 is 0 Å². The van der Waals surface area contributed by atoms with Crippen LogP contribution >= 0.6 is 0 Å². The highest BCUT2D eigenvalue weighted by Crippen LogP contribution is 2.30. The molecule has 0 bridgehead atoms. The zero-order valence-corrected chi connectivity index (χ0v) is 16.8. The van der Waals surface area contributed by atoms with Crippen LogP contribution < -0.4 is 20.3 Å². The molecule has 0 aliphatic carbocycles. The second-order valence-electron chi connectivity index (χ2n) is 6.67. The molecule has 1 heterocycles. The zero-order valence-electron chi connectivity index (χ0n) is 16.8. The molecule has 0 unspecified atom stereocenters. The van der Waals surface area contributed by atoms with E-state index >= 15 is 0 Å². The summed E-state index contributed by atoms with van der Waals surface area (Å²) >= 11 is 0. The number of aromatic amines is 1. The molecule has 3 aromatic rings. The molecular formula is C23H28N2O3. The molecule has 2 aromatic carbocycles. The van der Waals surface area contributed by atoms with Crippen molar-refractivity contribution in [2.24, 2.45) is 0 Å². The number of rotatable bonds is 9. The molecular weight excluding hydrogens is 352 g/mol. The number of fused-ring (bicyclic) bond motifs is 1. The normalized spacial score (nSPS) is 10.8. The Morgan fingerprint density at radius 1 is 0.964 bits per heavy atom. The predicted octanol–water partition coefficient (Wildman–Crippen LogP) is 4.89. The van der Waals surface area contributed by atoms with Crippen molar-refractivity contribution in [1.29, 1.82) is 0 Å². The van der Waals surface area contributed by atoms with Crippen LogP contribution in [0.15, 0.2) is 47.3 Å². The average Bonchev–Trinajstić information content (AvgIpc) is 2.68. The monoisotopic (exact) mass is 380 g/mol.